The van der Waals surface area contributed by atoms with Gasteiger partial charge in [-0.1, -0.05) is 87.4 Å². The van der Waals surface area contributed by atoms with E-state index in [2.05, 4.69) is 43.0 Å². The molecule has 1 atom stereocenters. The second-order valence-corrected chi connectivity index (χ2v) is 8.00. The molecule has 0 spiro atoms. The summed E-state index contributed by atoms with van der Waals surface area (Å²) in [5, 5.41) is 13.2. The zero-order chi connectivity index (χ0) is 21.2. The van der Waals surface area contributed by atoms with Crippen LogP contribution in [0, 0.1) is 0 Å². The molecule has 0 saturated carbocycles. The van der Waals surface area contributed by atoms with Crippen LogP contribution in [0.4, 0.5) is 0 Å². The highest BCUT2D eigenvalue weighted by atomic mass is 16.5. The van der Waals surface area contributed by atoms with Gasteiger partial charge in [0.1, 0.15) is 12.4 Å². The number of nitrogens with zero attached hydrogens (tertiary/aromatic N) is 1. The van der Waals surface area contributed by atoms with Crippen LogP contribution in [0.2, 0.25) is 0 Å². The summed E-state index contributed by atoms with van der Waals surface area (Å²) in [6, 6.07) is 22.5. The highest BCUT2D eigenvalue weighted by Gasteiger charge is 2.17. The summed E-state index contributed by atoms with van der Waals surface area (Å²) >= 11 is 0. The quantitative estimate of drug-likeness (QED) is 0.381. The fraction of sp³-hybridized carbons (Fsp3) is 0.407. The number of hydrogen-bond donors (Lipinski definition) is 1. The molecule has 3 nitrogen and oxygen atoms in total. The van der Waals surface area contributed by atoms with E-state index in [0.29, 0.717) is 13.2 Å². The van der Waals surface area contributed by atoms with E-state index >= 15 is 0 Å². The lowest BCUT2D eigenvalue weighted by molar-refractivity contribution is 0.112. The number of fused-ring (bicyclic) bond motifs is 1. The lowest BCUT2D eigenvalue weighted by Gasteiger charge is -2.26. The second-order valence-electron chi connectivity index (χ2n) is 8.00. The van der Waals surface area contributed by atoms with Crippen molar-refractivity contribution in [3.05, 3.63) is 77.9 Å². The fourth-order valence-electron chi connectivity index (χ4n) is 3.85. The number of hydrogen-bond acceptors (Lipinski definition) is 3. The monoisotopic (exact) mass is 405 g/mol. The van der Waals surface area contributed by atoms with Gasteiger partial charge in [-0.05, 0) is 48.5 Å². The van der Waals surface area contributed by atoms with Crippen molar-refractivity contribution in [2.24, 2.45) is 0 Å². The third-order valence-electron chi connectivity index (χ3n) is 5.60. The standard InChI is InChI=1S/C27H35NO2/c1-3-5-18-28(19-6-4-2)20-26(29)24-16-17-27(25-15-11-10-14-23(24)25)30-21-22-12-8-7-9-13-22/h7-17,26,29H,3-6,18-21H2,1-2H3/t26-/m0/s1. The van der Waals surface area contributed by atoms with Gasteiger partial charge in [0.05, 0.1) is 6.10 Å². The number of rotatable bonds is 12. The van der Waals surface area contributed by atoms with Crippen LogP contribution < -0.4 is 4.74 Å². The van der Waals surface area contributed by atoms with Gasteiger partial charge in [0.25, 0.3) is 0 Å². The van der Waals surface area contributed by atoms with E-state index in [4.69, 9.17) is 4.74 Å². The average molecular weight is 406 g/mol. The summed E-state index contributed by atoms with van der Waals surface area (Å²) < 4.78 is 6.14. The van der Waals surface area contributed by atoms with Gasteiger partial charge in [-0.2, -0.15) is 0 Å². The van der Waals surface area contributed by atoms with Crippen LogP contribution in [0.1, 0.15) is 56.8 Å². The van der Waals surface area contributed by atoms with Crippen LogP contribution in [0.25, 0.3) is 10.8 Å². The van der Waals surface area contributed by atoms with Crippen LogP contribution in [0.3, 0.4) is 0 Å². The van der Waals surface area contributed by atoms with Crippen LogP contribution in [0.5, 0.6) is 5.75 Å². The third kappa shape index (κ3) is 6.07. The number of benzene rings is 3. The Labute approximate surface area is 181 Å². The molecule has 3 heteroatoms. The third-order valence-corrected chi connectivity index (χ3v) is 5.60. The Kier molecular flexibility index (Phi) is 8.73. The molecule has 0 heterocycles. The van der Waals surface area contributed by atoms with Gasteiger partial charge in [-0.3, -0.25) is 0 Å². The first-order valence-electron chi connectivity index (χ1n) is 11.3. The largest absolute Gasteiger partial charge is 0.488 e. The Morgan fingerprint density at radius 3 is 2.10 bits per heavy atom. The molecule has 0 aliphatic carbocycles. The summed E-state index contributed by atoms with van der Waals surface area (Å²) in [6.07, 6.45) is 4.18. The first-order chi connectivity index (χ1) is 14.7. The van der Waals surface area contributed by atoms with Gasteiger partial charge in [0.15, 0.2) is 0 Å². The maximum absolute atomic E-state index is 11.1. The molecule has 0 aromatic heterocycles. The highest BCUT2D eigenvalue weighted by Crippen LogP contribution is 2.32. The molecule has 1 N–H and O–H groups in total. The molecule has 30 heavy (non-hydrogen) atoms. The number of aliphatic hydroxyl groups is 1. The van der Waals surface area contributed by atoms with Crippen molar-refractivity contribution >= 4 is 10.8 Å². The second kappa shape index (κ2) is 11.7. The molecule has 3 aromatic rings. The van der Waals surface area contributed by atoms with Crippen LogP contribution in [0.15, 0.2) is 66.7 Å². The van der Waals surface area contributed by atoms with E-state index in [1.807, 2.05) is 42.5 Å². The van der Waals surface area contributed by atoms with Gasteiger partial charge < -0.3 is 14.7 Å². The lowest BCUT2D eigenvalue weighted by Crippen LogP contribution is -2.30. The molecule has 0 aliphatic heterocycles. The van der Waals surface area contributed by atoms with E-state index < -0.39 is 6.10 Å². The van der Waals surface area contributed by atoms with E-state index in [9.17, 15) is 5.11 Å². The van der Waals surface area contributed by atoms with Crippen molar-refractivity contribution in [3.8, 4) is 5.75 Å². The van der Waals surface area contributed by atoms with Crippen molar-refractivity contribution < 1.29 is 9.84 Å². The molecule has 0 unspecified atom stereocenters. The van der Waals surface area contributed by atoms with E-state index in [0.717, 1.165) is 40.7 Å². The zero-order valence-corrected chi connectivity index (χ0v) is 18.4. The number of aliphatic hydroxyl groups excluding tert-OH is 1. The Hall–Kier alpha value is -2.36. The van der Waals surface area contributed by atoms with E-state index in [1.165, 1.54) is 25.7 Å². The van der Waals surface area contributed by atoms with Crippen molar-refractivity contribution in [1.29, 1.82) is 0 Å². The Morgan fingerprint density at radius 2 is 1.43 bits per heavy atom. The SMILES string of the molecule is CCCCN(CCCC)C[C@H](O)c1ccc(OCc2ccccc2)c2ccccc12. The first kappa shape index (κ1) is 22.3. The topological polar surface area (TPSA) is 32.7 Å². The molecule has 160 valence electrons. The summed E-state index contributed by atoms with van der Waals surface area (Å²) in [5.41, 5.74) is 2.13. The van der Waals surface area contributed by atoms with E-state index in [1.54, 1.807) is 0 Å². The minimum Gasteiger partial charge on any atom is -0.488 e. The summed E-state index contributed by atoms with van der Waals surface area (Å²) in [5.74, 6) is 0.860. The van der Waals surface area contributed by atoms with Crippen LogP contribution in [-0.4, -0.2) is 29.6 Å². The van der Waals surface area contributed by atoms with Crippen molar-refractivity contribution in [1.82, 2.24) is 4.90 Å². The van der Waals surface area contributed by atoms with Gasteiger partial charge in [-0.25, -0.2) is 0 Å². The molecule has 0 saturated heterocycles. The number of unbranched alkanes of at least 4 members (excludes halogenated alkanes) is 2. The van der Waals surface area contributed by atoms with Gasteiger partial charge in [-0.15, -0.1) is 0 Å². The van der Waals surface area contributed by atoms with E-state index in [-0.39, 0.29) is 0 Å². The maximum atomic E-state index is 11.1. The van der Waals surface area contributed by atoms with Gasteiger partial charge in [0, 0.05) is 11.9 Å². The molecule has 0 aliphatic rings. The summed E-state index contributed by atoms with van der Waals surface area (Å²) in [6.45, 7) is 7.74. The molecule has 0 fully saturated rings. The normalized spacial score (nSPS) is 12.4. The summed E-state index contributed by atoms with van der Waals surface area (Å²) in [7, 11) is 0. The lowest BCUT2D eigenvalue weighted by atomic mass is 9.99. The average Bonchev–Trinajstić information content (AvgIpc) is 2.79. The Balaban J connectivity index is 1.78. The molecule has 3 rings (SSSR count). The summed E-state index contributed by atoms with van der Waals surface area (Å²) in [4.78, 5) is 2.41. The molecule has 0 bridgehead atoms. The van der Waals surface area contributed by atoms with Crippen molar-refractivity contribution in [2.45, 2.75) is 52.2 Å². The first-order valence-corrected chi connectivity index (χ1v) is 11.3. The Morgan fingerprint density at radius 1 is 0.800 bits per heavy atom. The smallest absolute Gasteiger partial charge is 0.127 e. The molecule has 0 radical (unpaired) electrons. The highest BCUT2D eigenvalue weighted by molar-refractivity contribution is 5.91. The van der Waals surface area contributed by atoms with Crippen molar-refractivity contribution in [2.75, 3.05) is 19.6 Å². The van der Waals surface area contributed by atoms with Crippen LogP contribution >= 0.6 is 0 Å². The predicted molar refractivity (Wildman–Crippen MR) is 126 cm³/mol. The molecule has 0 amide bonds. The minimum absolute atomic E-state index is 0.508. The predicted octanol–water partition coefficient (Wildman–Crippen LogP) is 6.35. The zero-order valence-electron chi connectivity index (χ0n) is 18.4. The minimum atomic E-state index is -0.508. The molecular weight excluding hydrogens is 370 g/mol. The molecular formula is C27H35NO2. The number of ether oxygens (including phenoxy) is 1. The fourth-order valence-corrected chi connectivity index (χ4v) is 3.85. The van der Waals surface area contributed by atoms with Crippen molar-refractivity contribution in [3.63, 3.8) is 0 Å². The van der Waals surface area contributed by atoms with Gasteiger partial charge >= 0.3 is 0 Å². The van der Waals surface area contributed by atoms with Crippen LogP contribution in [-0.2, 0) is 6.61 Å². The van der Waals surface area contributed by atoms with Gasteiger partial charge in [0.2, 0.25) is 0 Å². The maximum Gasteiger partial charge on any atom is 0.127 e. The Bertz CT molecular complexity index is 886. The molecule has 3 aromatic carbocycles.